The Morgan fingerprint density at radius 3 is 2.84 bits per heavy atom. The second kappa shape index (κ2) is 5.99. The first-order valence-corrected chi connectivity index (χ1v) is 6.21. The zero-order chi connectivity index (χ0) is 13.8. The normalized spacial score (nSPS) is 10.5. The second-order valence-electron chi connectivity index (χ2n) is 4.16. The first-order valence-electron chi connectivity index (χ1n) is 5.84. The van der Waals surface area contributed by atoms with Crippen LogP contribution in [0.2, 0.25) is 5.02 Å². The number of nitrogens with zero attached hydrogens (tertiary/aromatic N) is 1. The largest absolute Gasteiger partial charge is 0.435 e. The van der Waals surface area contributed by atoms with Gasteiger partial charge in [0.05, 0.1) is 5.02 Å². The summed E-state index contributed by atoms with van der Waals surface area (Å²) in [6.07, 6.45) is 1.51. The standard InChI is InChI=1S/C14H14ClFN2O/c1-9-3-4-12(11(15)7-9)19-14-13(16)10(8-17-2)5-6-18-14/h3-7,17H,8H2,1-2H3. The predicted molar refractivity (Wildman–Crippen MR) is 73.2 cm³/mol. The van der Waals surface area contributed by atoms with Crippen LogP contribution in [0.15, 0.2) is 30.5 Å². The molecule has 1 aromatic carbocycles. The minimum Gasteiger partial charge on any atom is -0.435 e. The average Bonchev–Trinajstić information content (AvgIpc) is 2.37. The molecule has 5 heteroatoms. The molecule has 1 aromatic heterocycles. The molecule has 2 aromatic rings. The number of rotatable bonds is 4. The molecule has 19 heavy (non-hydrogen) atoms. The van der Waals surface area contributed by atoms with Crippen LogP contribution in [0.5, 0.6) is 11.6 Å². The van der Waals surface area contributed by atoms with Gasteiger partial charge in [-0.05, 0) is 37.7 Å². The van der Waals surface area contributed by atoms with Crippen molar-refractivity contribution in [3.63, 3.8) is 0 Å². The number of hydrogen-bond donors (Lipinski definition) is 1. The summed E-state index contributed by atoms with van der Waals surface area (Å²) in [4.78, 5) is 3.90. The molecular formula is C14H14ClFN2O. The van der Waals surface area contributed by atoms with Crippen molar-refractivity contribution in [3.05, 3.63) is 52.4 Å². The fourth-order valence-electron chi connectivity index (χ4n) is 1.65. The van der Waals surface area contributed by atoms with E-state index in [1.54, 1.807) is 25.2 Å². The SMILES string of the molecule is CNCc1ccnc(Oc2ccc(C)cc2Cl)c1F. The molecular weight excluding hydrogens is 267 g/mol. The van der Waals surface area contributed by atoms with Crippen molar-refractivity contribution in [3.8, 4) is 11.6 Å². The zero-order valence-corrected chi connectivity index (χ0v) is 11.5. The lowest BCUT2D eigenvalue weighted by atomic mass is 10.2. The summed E-state index contributed by atoms with van der Waals surface area (Å²) in [7, 11) is 1.75. The zero-order valence-electron chi connectivity index (χ0n) is 10.7. The lowest BCUT2D eigenvalue weighted by molar-refractivity contribution is 0.418. The predicted octanol–water partition coefficient (Wildman–Crippen LogP) is 3.69. The Bertz CT molecular complexity index is 590. The van der Waals surface area contributed by atoms with Crippen LogP contribution in [0.4, 0.5) is 4.39 Å². The Morgan fingerprint density at radius 1 is 1.37 bits per heavy atom. The van der Waals surface area contributed by atoms with Gasteiger partial charge >= 0.3 is 0 Å². The van der Waals surface area contributed by atoms with E-state index in [1.165, 1.54) is 6.20 Å². The summed E-state index contributed by atoms with van der Waals surface area (Å²) < 4.78 is 19.5. The Hall–Kier alpha value is -1.65. The van der Waals surface area contributed by atoms with Crippen LogP contribution >= 0.6 is 11.6 Å². The van der Waals surface area contributed by atoms with Gasteiger partial charge in [0.2, 0.25) is 0 Å². The molecule has 1 N–H and O–H groups in total. The number of halogens is 2. The summed E-state index contributed by atoms with van der Waals surface area (Å²) in [6.45, 7) is 2.33. The van der Waals surface area contributed by atoms with Gasteiger partial charge < -0.3 is 10.1 Å². The van der Waals surface area contributed by atoms with Gasteiger partial charge in [-0.3, -0.25) is 0 Å². The van der Waals surface area contributed by atoms with E-state index in [0.717, 1.165) is 5.56 Å². The molecule has 0 aliphatic rings. The number of nitrogens with one attached hydrogen (secondary N) is 1. The third-order valence-electron chi connectivity index (χ3n) is 2.60. The van der Waals surface area contributed by atoms with Crippen LogP contribution in [0.3, 0.4) is 0 Å². The fraction of sp³-hybridized carbons (Fsp3) is 0.214. The average molecular weight is 281 g/mol. The maximum atomic E-state index is 14.1. The molecule has 0 saturated carbocycles. The summed E-state index contributed by atoms with van der Waals surface area (Å²) in [5.41, 5.74) is 1.51. The van der Waals surface area contributed by atoms with Crippen LogP contribution in [0.25, 0.3) is 0 Å². The maximum absolute atomic E-state index is 14.1. The third-order valence-corrected chi connectivity index (χ3v) is 2.89. The quantitative estimate of drug-likeness (QED) is 0.927. The lowest BCUT2D eigenvalue weighted by Gasteiger charge is -2.10. The Balaban J connectivity index is 2.30. The lowest BCUT2D eigenvalue weighted by Crippen LogP contribution is -2.08. The van der Waals surface area contributed by atoms with Crippen molar-refractivity contribution < 1.29 is 9.13 Å². The molecule has 100 valence electrons. The minimum atomic E-state index is -0.478. The summed E-state index contributed by atoms with van der Waals surface area (Å²) in [6, 6.07) is 6.90. The monoisotopic (exact) mass is 280 g/mol. The van der Waals surface area contributed by atoms with Crippen molar-refractivity contribution in [2.24, 2.45) is 0 Å². The molecule has 0 unspecified atom stereocenters. The maximum Gasteiger partial charge on any atom is 0.256 e. The first kappa shape index (κ1) is 13.8. The van der Waals surface area contributed by atoms with Gasteiger partial charge in [0.1, 0.15) is 5.75 Å². The van der Waals surface area contributed by atoms with Crippen LogP contribution in [-0.2, 0) is 6.54 Å². The molecule has 0 radical (unpaired) electrons. The summed E-state index contributed by atoms with van der Waals surface area (Å²) in [5, 5.41) is 3.32. The van der Waals surface area contributed by atoms with Crippen molar-refractivity contribution in [1.82, 2.24) is 10.3 Å². The van der Waals surface area contributed by atoms with Gasteiger partial charge in [-0.15, -0.1) is 0 Å². The van der Waals surface area contributed by atoms with Gasteiger partial charge in [0.15, 0.2) is 5.82 Å². The Morgan fingerprint density at radius 2 is 2.16 bits per heavy atom. The Labute approximate surface area is 116 Å². The molecule has 3 nitrogen and oxygen atoms in total. The molecule has 0 aliphatic carbocycles. The van der Waals surface area contributed by atoms with Crippen molar-refractivity contribution in [2.75, 3.05) is 7.05 Å². The molecule has 0 spiro atoms. The van der Waals surface area contributed by atoms with E-state index in [1.807, 2.05) is 13.0 Å². The Kier molecular flexibility index (Phi) is 4.35. The van der Waals surface area contributed by atoms with E-state index < -0.39 is 5.82 Å². The van der Waals surface area contributed by atoms with Gasteiger partial charge in [0.25, 0.3) is 5.88 Å². The number of aromatic nitrogens is 1. The highest BCUT2D eigenvalue weighted by atomic mass is 35.5. The van der Waals surface area contributed by atoms with E-state index in [-0.39, 0.29) is 5.88 Å². The highest BCUT2D eigenvalue weighted by Crippen LogP contribution is 2.30. The van der Waals surface area contributed by atoms with Gasteiger partial charge in [0, 0.05) is 18.3 Å². The van der Waals surface area contributed by atoms with E-state index in [0.29, 0.717) is 22.9 Å². The van der Waals surface area contributed by atoms with Crippen molar-refractivity contribution in [1.29, 1.82) is 0 Å². The molecule has 0 bridgehead atoms. The summed E-state index contributed by atoms with van der Waals surface area (Å²) >= 11 is 6.05. The van der Waals surface area contributed by atoms with E-state index in [2.05, 4.69) is 10.3 Å². The fourth-order valence-corrected chi connectivity index (χ4v) is 1.93. The van der Waals surface area contributed by atoms with E-state index in [4.69, 9.17) is 16.3 Å². The van der Waals surface area contributed by atoms with Crippen LogP contribution in [-0.4, -0.2) is 12.0 Å². The summed E-state index contributed by atoms with van der Waals surface area (Å²) in [5.74, 6) is -0.160. The third kappa shape index (κ3) is 3.22. The van der Waals surface area contributed by atoms with Gasteiger partial charge in [-0.25, -0.2) is 9.37 Å². The van der Waals surface area contributed by atoms with Crippen LogP contribution in [0.1, 0.15) is 11.1 Å². The van der Waals surface area contributed by atoms with Crippen LogP contribution in [0, 0.1) is 12.7 Å². The smallest absolute Gasteiger partial charge is 0.256 e. The van der Waals surface area contributed by atoms with Crippen molar-refractivity contribution >= 4 is 11.6 Å². The second-order valence-corrected chi connectivity index (χ2v) is 4.56. The number of benzene rings is 1. The molecule has 0 atom stereocenters. The van der Waals surface area contributed by atoms with Crippen molar-refractivity contribution in [2.45, 2.75) is 13.5 Å². The highest BCUT2D eigenvalue weighted by Gasteiger charge is 2.12. The molecule has 2 rings (SSSR count). The van der Waals surface area contributed by atoms with E-state index in [9.17, 15) is 4.39 Å². The van der Waals surface area contributed by atoms with Gasteiger partial charge in [-0.1, -0.05) is 17.7 Å². The van der Waals surface area contributed by atoms with E-state index >= 15 is 0 Å². The first-order chi connectivity index (χ1) is 9.11. The molecule has 0 fully saturated rings. The topological polar surface area (TPSA) is 34.2 Å². The number of hydrogen-bond acceptors (Lipinski definition) is 3. The number of ether oxygens (including phenoxy) is 1. The molecule has 0 saturated heterocycles. The van der Waals surface area contributed by atoms with Crippen LogP contribution < -0.4 is 10.1 Å². The molecule has 1 heterocycles. The number of pyridine rings is 1. The minimum absolute atomic E-state index is 0.0708. The molecule has 0 aliphatic heterocycles. The van der Waals surface area contributed by atoms with Gasteiger partial charge in [-0.2, -0.15) is 0 Å². The molecule has 0 amide bonds. The number of aryl methyl sites for hydroxylation is 1. The highest BCUT2D eigenvalue weighted by molar-refractivity contribution is 6.32.